The molecule has 0 saturated carbocycles. The zero-order valence-electron chi connectivity index (χ0n) is 14.7. The fourth-order valence-electron chi connectivity index (χ4n) is 2.64. The fraction of sp³-hybridized carbons (Fsp3) is 0.533. The van der Waals surface area contributed by atoms with E-state index in [1.54, 1.807) is 0 Å². The van der Waals surface area contributed by atoms with Crippen LogP contribution in [0.3, 0.4) is 0 Å². The Bertz CT molecular complexity index is 815. The number of rotatable bonds is 8. The van der Waals surface area contributed by atoms with Gasteiger partial charge in [0.2, 0.25) is 11.6 Å². The summed E-state index contributed by atoms with van der Waals surface area (Å²) in [6, 6.07) is 1.95. The standard InChI is InChI=1S/C15H20F2N6O3/c1-9-7-10(2)21(19-9)6-4-5-18-12(24)8-22-11(3)14(23(25)26)13(20-22)15(16)17/h7,15H,4-6,8H2,1-3H3,(H,18,24). The van der Waals surface area contributed by atoms with E-state index >= 15 is 0 Å². The van der Waals surface area contributed by atoms with Gasteiger partial charge in [0.15, 0.2) is 0 Å². The highest BCUT2D eigenvalue weighted by Gasteiger charge is 2.31. The highest BCUT2D eigenvalue weighted by molar-refractivity contribution is 5.75. The number of halogens is 2. The van der Waals surface area contributed by atoms with Crippen LogP contribution in [0.2, 0.25) is 0 Å². The lowest BCUT2D eigenvalue weighted by molar-refractivity contribution is -0.386. The van der Waals surface area contributed by atoms with Crippen molar-refractivity contribution in [2.75, 3.05) is 6.54 Å². The molecule has 0 bridgehead atoms. The minimum Gasteiger partial charge on any atom is -0.354 e. The Balaban J connectivity index is 1.90. The van der Waals surface area contributed by atoms with E-state index in [0.29, 0.717) is 19.5 Å². The normalized spacial score (nSPS) is 11.2. The van der Waals surface area contributed by atoms with Gasteiger partial charge in [0.1, 0.15) is 12.2 Å². The van der Waals surface area contributed by atoms with Crippen LogP contribution in [0.4, 0.5) is 14.5 Å². The molecule has 0 atom stereocenters. The lowest BCUT2D eigenvalue weighted by atomic mass is 10.3. The van der Waals surface area contributed by atoms with Crippen LogP contribution >= 0.6 is 0 Å². The van der Waals surface area contributed by atoms with Gasteiger partial charge in [-0.05, 0) is 33.3 Å². The summed E-state index contributed by atoms with van der Waals surface area (Å²) in [5, 5.41) is 21.4. The summed E-state index contributed by atoms with van der Waals surface area (Å²) in [5.74, 6) is -0.459. The first-order valence-electron chi connectivity index (χ1n) is 7.98. The second-order valence-corrected chi connectivity index (χ2v) is 5.89. The Morgan fingerprint density at radius 1 is 1.31 bits per heavy atom. The van der Waals surface area contributed by atoms with E-state index in [1.807, 2.05) is 24.6 Å². The largest absolute Gasteiger partial charge is 0.354 e. The Labute approximate surface area is 148 Å². The number of aromatic nitrogens is 4. The molecule has 0 aliphatic heterocycles. The quantitative estimate of drug-likeness (QED) is 0.435. The van der Waals surface area contributed by atoms with Crippen LogP contribution in [0.5, 0.6) is 0 Å². The third kappa shape index (κ3) is 4.41. The molecule has 0 spiro atoms. The first kappa shape index (κ1) is 19.5. The Kier molecular flexibility index (Phi) is 6.01. The molecule has 0 unspecified atom stereocenters. The molecule has 0 fully saturated rings. The predicted molar refractivity (Wildman–Crippen MR) is 87.9 cm³/mol. The molecule has 0 aromatic carbocycles. The van der Waals surface area contributed by atoms with Crippen molar-refractivity contribution in [3.8, 4) is 0 Å². The van der Waals surface area contributed by atoms with Gasteiger partial charge in [-0.2, -0.15) is 10.2 Å². The van der Waals surface area contributed by atoms with Gasteiger partial charge < -0.3 is 5.32 Å². The molecule has 2 rings (SSSR count). The molecular formula is C15H20F2N6O3. The third-order valence-electron chi connectivity index (χ3n) is 3.86. The van der Waals surface area contributed by atoms with Crippen LogP contribution in [0.25, 0.3) is 0 Å². The van der Waals surface area contributed by atoms with Crippen molar-refractivity contribution in [2.45, 2.75) is 46.7 Å². The van der Waals surface area contributed by atoms with Gasteiger partial charge in [-0.25, -0.2) is 8.78 Å². The molecule has 11 heteroatoms. The van der Waals surface area contributed by atoms with E-state index in [2.05, 4.69) is 15.5 Å². The number of carbonyl (C=O) groups excluding carboxylic acids is 1. The summed E-state index contributed by atoms with van der Waals surface area (Å²) < 4.78 is 28.5. The maximum Gasteiger partial charge on any atom is 0.319 e. The van der Waals surface area contributed by atoms with Gasteiger partial charge >= 0.3 is 5.69 Å². The monoisotopic (exact) mass is 370 g/mol. The zero-order chi connectivity index (χ0) is 19.4. The summed E-state index contributed by atoms with van der Waals surface area (Å²) in [6.45, 7) is 5.74. The van der Waals surface area contributed by atoms with Crippen LogP contribution in [0.1, 0.15) is 35.6 Å². The number of hydrogen-bond acceptors (Lipinski definition) is 5. The molecule has 9 nitrogen and oxygen atoms in total. The first-order valence-corrected chi connectivity index (χ1v) is 7.98. The molecule has 1 N–H and O–H groups in total. The predicted octanol–water partition coefficient (Wildman–Crippen LogP) is 2.06. The van der Waals surface area contributed by atoms with Crippen LogP contribution < -0.4 is 5.32 Å². The van der Waals surface area contributed by atoms with Gasteiger partial charge in [0.05, 0.1) is 10.6 Å². The number of nitrogens with one attached hydrogen (secondary N) is 1. The molecule has 0 aliphatic carbocycles. The Morgan fingerprint density at radius 2 is 2.00 bits per heavy atom. The van der Waals surface area contributed by atoms with Crippen LogP contribution in [-0.2, 0) is 17.9 Å². The summed E-state index contributed by atoms with van der Waals surface area (Å²) >= 11 is 0. The number of amides is 1. The van der Waals surface area contributed by atoms with Crippen LogP contribution in [-0.4, -0.2) is 36.9 Å². The van der Waals surface area contributed by atoms with Crippen molar-refractivity contribution in [1.82, 2.24) is 24.9 Å². The van der Waals surface area contributed by atoms with E-state index < -0.39 is 28.6 Å². The average Bonchev–Trinajstić information content (AvgIpc) is 3.03. The number of aryl methyl sites for hydroxylation is 3. The Morgan fingerprint density at radius 3 is 2.50 bits per heavy atom. The van der Waals surface area contributed by atoms with Crippen LogP contribution in [0, 0.1) is 30.9 Å². The average molecular weight is 370 g/mol. The van der Waals surface area contributed by atoms with Crippen molar-refractivity contribution in [3.05, 3.63) is 39.0 Å². The van der Waals surface area contributed by atoms with Crippen molar-refractivity contribution in [1.29, 1.82) is 0 Å². The number of nitro groups is 1. The second kappa shape index (κ2) is 8.02. The minimum absolute atomic E-state index is 0.0805. The second-order valence-electron chi connectivity index (χ2n) is 5.89. The van der Waals surface area contributed by atoms with E-state index in [1.165, 1.54) is 6.92 Å². The summed E-state index contributed by atoms with van der Waals surface area (Å²) in [4.78, 5) is 22.0. The third-order valence-corrected chi connectivity index (χ3v) is 3.86. The molecule has 142 valence electrons. The molecule has 0 radical (unpaired) electrons. The number of nitrogens with zero attached hydrogens (tertiary/aromatic N) is 5. The zero-order valence-corrected chi connectivity index (χ0v) is 14.7. The molecule has 2 heterocycles. The fourth-order valence-corrected chi connectivity index (χ4v) is 2.64. The van der Waals surface area contributed by atoms with E-state index in [-0.39, 0.29) is 12.2 Å². The van der Waals surface area contributed by atoms with Crippen molar-refractivity contribution < 1.29 is 18.5 Å². The van der Waals surface area contributed by atoms with Gasteiger partial charge in [-0.3, -0.25) is 24.3 Å². The highest BCUT2D eigenvalue weighted by Crippen LogP contribution is 2.30. The highest BCUT2D eigenvalue weighted by atomic mass is 19.3. The van der Waals surface area contributed by atoms with E-state index in [9.17, 15) is 23.7 Å². The molecule has 0 saturated heterocycles. The SMILES string of the molecule is Cc1cc(C)n(CCCNC(=O)Cn2nc(C(F)F)c([N+](=O)[O-])c2C)n1. The summed E-state index contributed by atoms with van der Waals surface area (Å²) in [7, 11) is 0. The summed E-state index contributed by atoms with van der Waals surface area (Å²) in [5.41, 5.74) is 0.176. The van der Waals surface area contributed by atoms with Gasteiger partial charge in [-0.15, -0.1) is 0 Å². The first-order chi connectivity index (χ1) is 12.2. The maximum absolute atomic E-state index is 12.9. The Hall–Kier alpha value is -2.85. The summed E-state index contributed by atoms with van der Waals surface area (Å²) in [6.07, 6.45) is -2.45. The van der Waals surface area contributed by atoms with Gasteiger partial charge in [0, 0.05) is 18.8 Å². The van der Waals surface area contributed by atoms with Crippen molar-refractivity contribution >= 4 is 11.6 Å². The molecule has 2 aromatic rings. The van der Waals surface area contributed by atoms with Crippen LogP contribution in [0.15, 0.2) is 6.07 Å². The minimum atomic E-state index is -3.08. The lowest BCUT2D eigenvalue weighted by Gasteiger charge is -2.07. The van der Waals surface area contributed by atoms with Gasteiger partial charge in [-0.1, -0.05) is 0 Å². The molecular weight excluding hydrogens is 350 g/mol. The van der Waals surface area contributed by atoms with E-state index in [4.69, 9.17) is 0 Å². The number of hydrogen-bond donors (Lipinski definition) is 1. The topological polar surface area (TPSA) is 108 Å². The smallest absolute Gasteiger partial charge is 0.319 e. The molecule has 1 amide bonds. The molecule has 26 heavy (non-hydrogen) atoms. The van der Waals surface area contributed by atoms with Crippen molar-refractivity contribution in [2.24, 2.45) is 0 Å². The number of carbonyl (C=O) groups is 1. The van der Waals surface area contributed by atoms with E-state index in [0.717, 1.165) is 16.1 Å². The molecule has 2 aromatic heterocycles. The van der Waals surface area contributed by atoms with Crippen molar-refractivity contribution in [3.63, 3.8) is 0 Å². The maximum atomic E-state index is 12.9. The lowest BCUT2D eigenvalue weighted by Crippen LogP contribution is -2.29. The number of alkyl halides is 2. The molecule has 0 aliphatic rings. The van der Waals surface area contributed by atoms with Gasteiger partial charge in [0.25, 0.3) is 6.43 Å².